The second-order valence-corrected chi connectivity index (χ2v) is 5.04. The molecule has 0 amide bonds. The number of para-hydroxylation sites is 1. The van der Waals surface area contributed by atoms with Crippen molar-refractivity contribution in [2.75, 3.05) is 0 Å². The number of nitrogens with zero attached hydrogens (tertiary/aromatic N) is 1. The molecule has 5 nitrogen and oxygen atoms in total. The highest BCUT2D eigenvalue weighted by molar-refractivity contribution is 5.91. The first-order valence-corrected chi connectivity index (χ1v) is 7.08. The summed E-state index contributed by atoms with van der Waals surface area (Å²) < 4.78 is 5.45. The van der Waals surface area contributed by atoms with Crippen molar-refractivity contribution in [3.05, 3.63) is 69.8 Å². The van der Waals surface area contributed by atoms with E-state index in [4.69, 9.17) is 4.74 Å². The summed E-state index contributed by atoms with van der Waals surface area (Å²) in [5.41, 5.74) is 1.20. The molecule has 0 bridgehead atoms. The minimum absolute atomic E-state index is 0.0587. The zero-order chi connectivity index (χ0) is 16.1. The molecular weight excluding hydrogens is 282 g/mol. The van der Waals surface area contributed by atoms with E-state index < -0.39 is 10.9 Å². The van der Waals surface area contributed by atoms with Crippen LogP contribution in [0.5, 0.6) is 5.75 Å². The molecule has 0 saturated heterocycles. The molecule has 5 heteroatoms. The summed E-state index contributed by atoms with van der Waals surface area (Å²) in [7, 11) is 0. The Labute approximate surface area is 128 Å². The van der Waals surface area contributed by atoms with E-state index in [2.05, 4.69) is 13.8 Å². The average Bonchev–Trinajstić information content (AvgIpc) is 2.54. The lowest BCUT2D eigenvalue weighted by Crippen LogP contribution is -2.10. The topological polar surface area (TPSA) is 69.4 Å². The number of benzene rings is 2. The lowest BCUT2D eigenvalue weighted by Gasteiger charge is -2.14. The van der Waals surface area contributed by atoms with Crippen molar-refractivity contribution in [3.8, 4) is 5.75 Å². The number of carbonyl (C=O) groups excluding carboxylic acids is 1. The number of nitro groups is 1. The number of hydrogen-bond acceptors (Lipinski definition) is 4. The van der Waals surface area contributed by atoms with Gasteiger partial charge in [0.2, 0.25) is 0 Å². The van der Waals surface area contributed by atoms with Crippen molar-refractivity contribution in [3.63, 3.8) is 0 Å². The normalized spacial score (nSPS) is 11.7. The Hall–Kier alpha value is -2.69. The van der Waals surface area contributed by atoms with Gasteiger partial charge in [-0.25, -0.2) is 4.79 Å². The predicted octanol–water partition coefficient (Wildman–Crippen LogP) is 4.33. The van der Waals surface area contributed by atoms with Gasteiger partial charge in [-0.3, -0.25) is 10.1 Å². The maximum Gasteiger partial charge on any atom is 0.343 e. The molecule has 2 aromatic carbocycles. The molecule has 2 aromatic rings. The Morgan fingerprint density at radius 1 is 1.18 bits per heavy atom. The number of ether oxygens (including phenoxy) is 1. The zero-order valence-corrected chi connectivity index (χ0v) is 12.5. The molecule has 0 radical (unpaired) electrons. The predicted molar refractivity (Wildman–Crippen MR) is 83.2 cm³/mol. The van der Waals surface area contributed by atoms with Crippen LogP contribution in [0.4, 0.5) is 5.69 Å². The van der Waals surface area contributed by atoms with Gasteiger partial charge in [0.05, 0.1) is 10.5 Å². The Balaban J connectivity index is 2.20. The average molecular weight is 299 g/mol. The van der Waals surface area contributed by atoms with E-state index in [1.807, 2.05) is 18.2 Å². The van der Waals surface area contributed by atoms with Crippen LogP contribution in [-0.4, -0.2) is 10.9 Å². The van der Waals surface area contributed by atoms with Gasteiger partial charge in [0.1, 0.15) is 5.75 Å². The summed E-state index contributed by atoms with van der Waals surface area (Å²) >= 11 is 0. The lowest BCUT2D eigenvalue weighted by atomic mass is 9.98. The fraction of sp³-hybridized carbons (Fsp3) is 0.235. The van der Waals surface area contributed by atoms with Gasteiger partial charge in [0, 0.05) is 12.1 Å². The van der Waals surface area contributed by atoms with E-state index in [-0.39, 0.29) is 17.2 Å². The van der Waals surface area contributed by atoms with E-state index in [9.17, 15) is 14.9 Å². The maximum absolute atomic E-state index is 12.2. The highest BCUT2D eigenvalue weighted by atomic mass is 16.6. The second kappa shape index (κ2) is 6.85. The standard InChI is InChI=1S/C17H17NO4/c1-3-12(2)15-6-4-5-7-16(15)22-17(19)13-8-10-14(11-9-13)18(20)21/h4-12H,3H2,1-2H3. The first-order chi connectivity index (χ1) is 10.5. The Morgan fingerprint density at radius 2 is 1.82 bits per heavy atom. The zero-order valence-electron chi connectivity index (χ0n) is 12.5. The van der Waals surface area contributed by atoms with Crippen LogP contribution in [0.3, 0.4) is 0 Å². The molecule has 114 valence electrons. The first-order valence-electron chi connectivity index (χ1n) is 7.08. The van der Waals surface area contributed by atoms with Crippen LogP contribution in [0, 0.1) is 10.1 Å². The summed E-state index contributed by atoms with van der Waals surface area (Å²) in [5.74, 6) is 0.284. The van der Waals surface area contributed by atoms with Crippen molar-refractivity contribution < 1.29 is 14.5 Å². The number of esters is 1. The fourth-order valence-electron chi connectivity index (χ4n) is 2.08. The van der Waals surface area contributed by atoms with Gasteiger partial charge in [-0.05, 0) is 36.1 Å². The Bertz CT molecular complexity index is 679. The summed E-state index contributed by atoms with van der Waals surface area (Å²) in [6.07, 6.45) is 0.937. The molecule has 0 aliphatic rings. The molecule has 1 atom stereocenters. The monoisotopic (exact) mass is 299 g/mol. The van der Waals surface area contributed by atoms with Gasteiger partial charge in [-0.15, -0.1) is 0 Å². The third kappa shape index (κ3) is 3.49. The van der Waals surface area contributed by atoms with Gasteiger partial charge in [0.25, 0.3) is 5.69 Å². The number of nitro benzene ring substituents is 1. The van der Waals surface area contributed by atoms with Crippen LogP contribution >= 0.6 is 0 Å². The van der Waals surface area contributed by atoms with Crippen LogP contribution in [0.2, 0.25) is 0 Å². The van der Waals surface area contributed by atoms with Gasteiger partial charge >= 0.3 is 5.97 Å². The van der Waals surface area contributed by atoms with Crippen molar-refractivity contribution in [1.29, 1.82) is 0 Å². The summed E-state index contributed by atoms with van der Waals surface area (Å²) in [6, 6.07) is 12.8. The molecule has 0 aliphatic carbocycles. The molecule has 0 N–H and O–H groups in total. The van der Waals surface area contributed by atoms with Crippen LogP contribution in [0.15, 0.2) is 48.5 Å². The van der Waals surface area contributed by atoms with Crippen LogP contribution in [-0.2, 0) is 0 Å². The maximum atomic E-state index is 12.2. The van der Waals surface area contributed by atoms with E-state index in [0.29, 0.717) is 5.75 Å². The Kier molecular flexibility index (Phi) is 4.88. The molecule has 0 aromatic heterocycles. The van der Waals surface area contributed by atoms with E-state index in [0.717, 1.165) is 12.0 Å². The van der Waals surface area contributed by atoms with Crippen molar-refractivity contribution in [1.82, 2.24) is 0 Å². The third-order valence-corrected chi connectivity index (χ3v) is 3.58. The van der Waals surface area contributed by atoms with Crippen LogP contribution in [0.1, 0.15) is 42.1 Å². The summed E-state index contributed by atoms with van der Waals surface area (Å²) in [6.45, 7) is 4.14. The van der Waals surface area contributed by atoms with Gasteiger partial charge in [-0.2, -0.15) is 0 Å². The number of non-ortho nitro benzene ring substituents is 1. The van der Waals surface area contributed by atoms with Crippen molar-refractivity contribution in [2.24, 2.45) is 0 Å². The largest absolute Gasteiger partial charge is 0.423 e. The van der Waals surface area contributed by atoms with Crippen LogP contribution < -0.4 is 4.74 Å². The number of carbonyl (C=O) groups is 1. The first kappa shape index (κ1) is 15.7. The molecule has 2 rings (SSSR count). The molecule has 0 aliphatic heterocycles. The molecule has 0 heterocycles. The summed E-state index contributed by atoms with van der Waals surface area (Å²) in [4.78, 5) is 22.3. The highest BCUT2D eigenvalue weighted by Gasteiger charge is 2.15. The van der Waals surface area contributed by atoms with Gasteiger partial charge in [0.15, 0.2) is 0 Å². The molecule has 22 heavy (non-hydrogen) atoms. The minimum Gasteiger partial charge on any atom is -0.423 e. The van der Waals surface area contributed by atoms with Gasteiger partial charge in [-0.1, -0.05) is 32.0 Å². The molecule has 0 spiro atoms. The Morgan fingerprint density at radius 3 is 2.41 bits per heavy atom. The second-order valence-electron chi connectivity index (χ2n) is 5.04. The van der Waals surface area contributed by atoms with Gasteiger partial charge < -0.3 is 4.74 Å². The number of rotatable bonds is 5. The third-order valence-electron chi connectivity index (χ3n) is 3.58. The smallest absolute Gasteiger partial charge is 0.343 e. The lowest BCUT2D eigenvalue weighted by molar-refractivity contribution is -0.384. The SMILES string of the molecule is CCC(C)c1ccccc1OC(=O)c1ccc([N+](=O)[O-])cc1. The quantitative estimate of drug-likeness (QED) is 0.356. The van der Waals surface area contributed by atoms with E-state index in [1.54, 1.807) is 6.07 Å². The van der Waals surface area contributed by atoms with E-state index >= 15 is 0 Å². The van der Waals surface area contributed by atoms with E-state index in [1.165, 1.54) is 24.3 Å². The van der Waals surface area contributed by atoms with Crippen LogP contribution in [0.25, 0.3) is 0 Å². The summed E-state index contributed by atoms with van der Waals surface area (Å²) in [5, 5.41) is 10.6. The highest BCUT2D eigenvalue weighted by Crippen LogP contribution is 2.29. The van der Waals surface area contributed by atoms with Crippen molar-refractivity contribution in [2.45, 2.75) is 26.2 Å². The molecular formula is C17H17NO4. The molecule has 1 unspecified atom stereocenters. The molecule has 0 fully saturated rings. The number of hydrogen-bond donors (Lipinski definition) is 0. The minimum atomic E-state index is -0.523. The fourth-order valence-corrected chi connectivity index (χ4v) is 2.08. The molecule has 0 saturated carbocycles. The van der Waals surface area contributed by atoms with Crippen molar-refractivity contribution >= 4 is 11.7 Å².